The Kier molecular flexibility index (Phi) is 6.67. The molecule has 2 fully saturated rings. The second kappa shape index (κ2) is 9.61. The van der Waals surface area contributed by atoms with E-state index in [2.05, 4.69) is 14.7 Å². The molecular formula is C21H27N5O4S. The van der Waals surface area contributed by atoms with E-state index in [4.69, 9.17) is 4.74 Å². The number of likely N-dealkylation sites (tertiary alicyclic amines) is 1. The van der Waals surface area contributed by atoms with Gasteiger partial charge in [-0.3, -0.25) is 0 Å². The third-order valence-corrected chi connectivity index (χ3v) is 7.56. The highest BCUT2D eigenvalue weighted by atomic mass is 32.2. The van der Waals surface area contributed by atoms with Crippen LogP contribution in [-0.4, -0.2) is 66.8 Å². The van der Waals surface area contributed by atoms with Crippen molar-refractivity contribution in [3.05, 3.63) is 54.4 Å². The van der Waals surface area contributed by atoms with Gasteiger partial charge in [-0.25, -0.2) is 27.9 Å². The number of ether oxygens (including phenoxy) is 1. The zero-order chi connectivity index (χ0) is 21.7. The first-order valence-corrected chi connectivity index (χ1v) is 12.0. The molecule has 2 aliphatic heterocycles. The number of nitrogens with zero attached hydrogens (tertiary/aromatic N) is 4. The lowest BCUT2D eigenvalue weighted by molar-refractivity contribution is 0.104. The first kappa shape index (κ1) is 21.5. The quantitative estimate of drug-likeness (QED) is 0.723. The fourth-order valence-electron chi connectivity index (χ4n) is 4.00. The van der Waals surface area contributed by atoms with E-state index >= 15 is 0 Å². The number of sulfonamides is 1. The van der Waals surface area contributed by atoms with Crippen molar-refractivity contribution < 1.29 is 17.9 Å². The largest absolute Gasteiger partial charge is 0.445 e. The monoisotopic (exact) mass is 445 g/mol. The molecule has 1 aromatic heterocycles. The minimum atomic E-state index is -3.57. The highest BCUT2D eigenvalue weighted by Gasteiger charge is 2.37. The Bertz CT molecular complexity index is 974. The summed E-state index contributed by atoms with van der Waals surface area (Å²) >= 11 is 0. The van der Waals surface area contributed by atoms with E-state index in [1.165, 1.54) is 4.90 Å². The normalized spacial score (nSPS) is 21.8. The van der Waals surface area contributed by atoms with E-state index < -0.39 is 21.4 Å². The number of rotatable bonds is 6. The molecule has 1 aromatic carbocycles. The van der Waals surface area contributed by atoms with Gasteiger partial charge < -0.3 is 14.5 Å². The van der Waals surface area contributed by atoms with Crippen LogP contribution in [-0.2, 0) is 21.4 Å². The summed E-state index contributed by atoms with van der Waals surface area (Å²) in [5.41, 5.74) is 0.894. The van der Waals surface area contributed by atoms with E-state index in [1.807, 2.05) is 35.2 Å². The van der Waals surface area contributed by atoms with E-state index in [0.29, 0.717) is 25.5 Å². The molecule has 10 heteroatoms. The molecule has 2 atom stereocenters. The first-order valence-electron chi connectivity index (χ1n) is 10.5. The van der Waals surface area contributed by atoms with Crippen molar-refractivity contribution in [1.29, 1.82) is 0 Å². The summed E-state index contributed by atoms with van der Waals surface area (Å²) in [5, 5.41) is -0.639. The first-order chi connectivity index (χ1) is 15.0. The Balaban J connectivity index is 1.29. The van der Waals surface area contributed by atoms with E-state index in [9.17, 15) is 13.2 Å². The molecule has 0 spiro atoms. The van der Waals surface area contributed by atoms with E-state index in [1.54, 1.807) is 18.5 Å². The van der Waals surface area contributed by atoms with Crippen LogP contribution in [0.5, 0.6) is 0 Å². The van der Waals surface area contributed by atoms with Gasteiger partial charge in [0.15, 0.2) is 0 Å². The third-order valence-electron chi connectivity index (χ3n) is 5.63. The van der Waals surface area contributed by atoms with Gasteiger partial charge in [0, 0.05) is 44.6 Å². The molecule has 31 heavy (non-hydrogen) atoms. The van der Waals surface area contributed by atoms with Gasteiger partial charge in [0.05, 0.1) is 5.25 Å². The Labute approximate surface area is 182 Å². The maximum Gasteiger partial charge on any atom is 0.410 e. The van der Waals surface area contributed by atoms with Crippen LogP contribution in [0.1, 0.15) is 24.8 Å². The molecule has 0 radical (unpaired) electrons. The molecule has 0 aliphatic carbocycles. The van der Waals surface area contributed by atoms with Gasteiger partial charge in [0.1, 0.15) is 6.61 Å². The van der Waals surface area contributed by atoms with Crippen LogP contribution in [0.2, 0.25) is 0 Å². The summed E-state index contributed by atoms with van der Waals surface area (Å²) < 4.78 is 34.1. The van der Waals surface area contributed by atoms with Crippen molar-refractivity contribution in [2.45, 2.75) is 37.2 Å². The number of hydrogen-bond donors (Lipinski definition) is 1. The summed E-state index contributed by atoms with van der Waals surface area (Å²) in [6.07, 6.45) is 4.90. The minimum absolute atomic E-state index is 0.140. The van der Waals surface area contributed by atoms with Gasteiger partial charge in [-0.2, -0.15) is 0 Å². The predicted molar refractivity (Wildman–Crippen MR) is 116 cm³/mol. The molecule has 3 heterocycles. The Morgan fingerprint density at radius 2 is 1.84 bits per heavy atom. The smallest absolute Gasteiger partial charge is 0.410 e. The molecule has 2 aliphatic rings. The maximum atomic E-state index is 13.0. The second-order valence-electron chi connectivity index (χ2n) is 7.89. The molecule has 1 N–H and O–H groups in total. The van der Waals surface area contributed by atoms with E-state index in [-0.39, 0.29) is 19.2 Å². The van der Waals surface area contributed by atoms with Crippen LogP contribution >= 0.6 is 0 Å². The van der Waals surface area contributed by atoms with Crippen molar-refractivity contribution in [2.75, 3.05) is 31.1 Å². The number of nitrogens with one attached hydrogen (secondary N) is 1. The van der Waals surface area contributed by atoms with Gasteiger partial charge in [-0.1, -0.05) is 30.3 Å². The van der Waals surface area contributed by atoms with Crippen LogP contribution in [0.3, 0.4) is 0 Å². The SMILES string of the molecule is O=C(OCc1ccccc1)N1CCC(S(=O)(=O)NC2CCCN(c3ncccn3)C2)C1. The Hall–Kier alpha value is -2.72. The maximum absolute atomic E-state index is 13.0. The molecular weight excluding hydrogens is 418 g/mol. The molecule has 2 unspecified atom stereocenters. The van der Waals surface area contributed by atoms with Crippen molar-refractivity contribution in [3.63, 3.8) is 0 Å². The van der Waals surface area contributed by atoms with Crippen LogP contribution in [0.15, 0.2) is 48.8 Å². The number of aromatic nitrogens is 2. The van der Waals surface area contributed by atoms with Crippen LogP contribution in [0.4, 0.5) is 10.7 Å². The van der Waals surface area contributed by atoms with Crippen molar-refractivity contribution in [1.82, 2.24) is 19.6 Å². The number of benzene rings is 1. The average molecular weight is 446 g/mol. The molecule has 1 amide bonds. The second-order valence-corrected chi connectivity index (χ2v) is 9.89. The number of amides is 1. The van der Waals surface area contributed by atoms with Gasteiger partial charge in [0.25, 0.3) is 0 Å². The molecule has 2 aromatic rings. The van der Waals surface area contributed by atoms with E-state index in [0.717, 1.165) is 24.9 Å². The van der Waals surface area contributed by atoms with Gasteiger partial charge >= 0.3 is 6.09 Å². The third kappa shape index (κ3) is 5.50. The summed E-state index contributed by atoms with van der Waals surface area (Å²) in [6, 6.07) is 11.0. The molecule has 9 nitrogen and oxygen atoms in total. The van der Waals surface area contributed by atoms with Crippen molar-refractivity contribution >= 4 is 22.1 Å². The average Bonchev–Trinajstić information content (AvgIpc) is 3.30. The number of hydrogen-bond acceptors (Lipinski definition) is 7. The van der Waals surface area contributed by atoms with Gasteiger partial charge in [-0.05, 0) is 30.9 Å². The fourth-order valence-corrected chi connectivity index (χ4v) is 5.64. The van der Waals surface area contributed by atoms with Crippen LogP contribution in [0.25, 0.3) is 0 Å². The molecule has 2 saturated heterocycles. The summed E-state index contributed by atoms with van der Waals surface area (Å²) in [4.78, 5) is 24.3. The summed E-state index contributed by atoms with van der Waals surface area (Å²) in [6.45, 7) is 2.01. The summed E-state index contributed by atoms with van der Waals surface area (Å²) in [5.74, 6) is 0.611. The predicted octanol–water partition coefficient (Wildman–Crippen LogP) is 1.78. The van der Waals surface area contributed by atoms with Crippen molar-refractivity contribution in [2.24, 2.45) is 0 Å². The molecule has 0 saturated carbocycles. The number of anilines is 1. The number of carbonyl (C=O) groups excluding carboxylic acids is 1. The zero-order valence-corrected chi connectivity index (χ0v) is 18.1. The standard InChI is InChI=1S/C21H27N5O4S/c27-21(30-16-17-6-2-1-3-7-17)26-13-9-19(15-26)31(28,29)24-18-8-4-12-25(14-18)20-22-10-5-11-23-20/h1-3,5-7,10-11,18-19,24H,4,8-9,12-16H2. The number of piperidine rings is 1. The zero-order valence-electron chi connectivity index (χ0n) is 17.3. The lowest BCUT2D eigenvalue weighted by atomic mass is 10.1. The summed E-state index contributed by atoms with van der Waals surface area (Å²) in [7, 11) is -3.57. The van der Waals surface area contributed by atoms with Gasteiger partial charge in [-0.15, -0.1) is 0 Å². The van der Waals surface area contributed by atoms with Crippen molar-refractivity contribution in [3.8, 4) is 0 Å². The Morgan fingerprint density at radius 1 is 1.06 bits per heavy atom. The highest BCUT2D eigenvalue weighted by Crippen LogP contribution is 2.21. The Morgan fingerprint density at radius 3 is 2.61 bits per heavy atom. The lowest BCUT2D eigenvalue weighted by Gasteiger charge is -2.33. The fraction of sp³-hybridized carbons (Fsp3) is 0.476. The highest BCUT2D eigenvalue weighted by molar-refractivity contribution is 7.90. The van der Waals surface area contributed by atoms with Gasteiger partial charge in [0.2, 0.25) is 16.0 Å². The topological polar surface area (TPSA) is 105 Å². The van der Waals surface area contributed by atoms with Crippen LogP contribution < -0.4 is 9.62 Å². The number of carbonyl (C=O) groups is 1. The molecule has 0 bridgehead atoms. The van der Waals surface area contributed by atoms with Crippen LogP contribution in [0, 0.1) is 0 Å². The molecule has 166 valence electrons. The minimum Gasteiger partial charge on any atom is -0.445 e. The lowest BCUT2D eigenvalue weighted by Crippen LogP contribution is -2.50. The molecule has 4 rings (SSSR count).